The molecule has 0 aromatic heterocycles. The van der Waals surface area contributed by atoms with Gasteiger partial charge >= 0.3 is 5.97 Å². The Morgan fingerprint density at radius 2 is 1.74 bits per heavy atom. The molecule has 0 aromatic carbocycles. The van der Waals surface area contributed by atoms with E-state index in [2.05, 4.69) is 40.7 Å². The first-order valence-electron chi connectivity index (χ1n) is 15.2. The van der Waals surface area contributed by atoms with E-state index in [1.165, 1.54) is 12.5 Å². The topological polar surface area (TPSA) is 116 Å². The second kappa shape index (κ2) is 9.26. The van der Waals surface area contributed by atoms with Crippen LogP contribution >= 0.6 is 0 Å². The number of carbonyl (C=O) groups excluding carboxylic acids is 1. The zero-order chi connectivity index (χ0) is 28.9. The minimum absolute atomic E-state index is 0.0201. The largest absolute Gasteiger partial charge is 0.462 e. The van der Waals surface area contributed by atoms with E-state index >= 15 is 0 Å². The molecule has 5 rings (SSSR count). The van der Waals surface area contributed by atoms with Gasteiger partial charge in [-0.2, -0.15) is 0 Å². The van der Waals surface area contributed by atoms with E-state index in [0.29, 0.717) is 18.8 Å². The number of aliphatic hydroxyl groups is 4. The molecular formula is C32H52O7. The molecule has 4 fully saturated rings. The molecule has 5 aliphatic rings. The third-order valence-electron chi connectivity index (χ3n) is 12.8. The number of aliphatic hydroxyl groups excluding tert-OH is 3. The van der Waals surface area contributed by atoms with Gasteiger partial charge in [0.15, 0.2) is 6.29 Å². The van der Waals surface area contributed by atoms with Crippen molar-refractivity contribution < 1.29 is 34.7 Å². The van der Waals surface area contributed by atoms with E-state index in [1.54, 1.807) is 13.8 Å². The van der Waals surface area contributed by atoms with Gasteiger partial charge in [-0.05, 0) is 87.4 Å². The number of fused-ring (bicyclic) bond motifs is 5. The molecule has 7 heteroatoms. The fourth-order valence-electron chi connectivity index (χ4n) is 10.8. The monoisotopic (exact) mass is 548 g/mol. The summed E-state index contributed by atoms with van der Waals surface area (Å²) in [6.07, 6.45) is 4.85. The second-order valence-corrected chi connectivity index (χ2v) is 15.6. The van der Waals surface area contributed by atoms with Crippen molar-refractivity contribution in [3.8, 4) is 0 Å². The number of hydrogen-bond acceptors (Lipinski definition) is 7. The van der Waals surface area contributed by atoms with Crippen molar-refractivity contribution in [1.82, 2.24) is 0 Å². The first-order chi connectivity index (χ1) is 17.9. The van der Waals surface area contributed by atoms with Crippen molar-refractivity contribution >= 4 is 5.97 Å². The highest BCUT2D eigenvalue weighted by molar-refractivity contribution is 5.66. The molecule has 12 unspecified atom stereocenters. The van der Waals surface area contributed by atoms with Crippen LogP contribution in [0.5, 0.6) is 0 Å². The number of hydrogen-bond donors (Lipinski definition) is 4. The highest BCUT2D eigenvalue weighted by atomic mass is 16.6. The number of esters is 1. The summed E-state index contributed by atoms with van der Waals surface area (Å²) in [4.78, 5) is 11.9. The minimum atomic E-state index is -1.31. The number of ether oxygens (including phenoxy) is 2. The molecular weight excluding hydrogens is 496 g/mol. The number of rotatable bonds is 4. The van der Waals surface area contributed by atoms with Crippen LogP contribution in [-0.2, 0) is 14.3 Å². The number of allylic oxidation sites excluding steroid dienone is 1. The van der Waals surface area contributed by atoms with Gasteiger partial charge in [0.1, 0.15) is 12.2 Å². The SMILES string of the molecule is CC(=O)OC1CCC2(C)C(CC(O)C3(C)C4=CCC(C5CC(C(O)C(C)(C)O)OC5O)C4(C)CCC23)C1(C)C. The molecule has 1 heterocycles. The summed E-state index contributed by atoms with van der Waals surface area (Å²) in [5.41, 5.74) is -0.727. The van der Waals surface area contributed by atoms with Crippen molar-refractivity contribution in [2.45, 2.75) is 137 Å². The molecule has 0 bridgehead atoms. The maximum atomic E-state index is 12.0. The quantitative estimate of drug-likeness (QED) is 0.305. The lowest BCUT2D eigenvalue weighted by Crippen LogP contribution is -2.65. The Balaban J connectivity index is 1.42. The van der Waals surface area contributed by atoms with Crippen LogP contribution in [0.1, 0.15) is 100 Å². The summed E-state index contributed by atoms with van der Waals surface area (Å²) >= 11 is 0. The van der Waals surface area contributed by atoms with Crippen LogP contribution < -0.4 is 0 Å². The lowest BCUT2D eigenvalue weighted by Gasteiger charge is -2.68. The highest BCUT2D eigenvalue weighted by Crippen LogP contribution is 2.73. The maximum absolute atomic E-state index is 12.0. The Labute approximate surface area is 234 Å². The summed E-state index contributed by atoms with van der Waals surface area (Å²) in [6, 6.07) is 0. The molecule has 0 amide bonds. The zero-order valence-corrected chi connectivity index (χ0v) is 25.2. The Morgan fingerprint density at radius 1 is 1.08 bits per heavy atom. The van der Waals surface area contributed by atoms with Crippen LogP contribution in [0.2, 0.25) is 0 Å². The summed E-state index contributed by atoms with van der Waals surface area (Å²) in [6.45, 7) is 16.1. The van der Waals surface area contributed by atoms with Crippen LogP contribution in [0, 0.1) is 45.3 Å². The lowest BCUT2D eigenvalue weighted by molar-refractivity contribution is -0.220. The second-order valence-electron chi connectivity index (χ2n) is 15.6. The summed E-state index contributed by atoms with van der Waals surface area (Å²) in [7, 11) is 0. The van der Waals surface area contributed by atoms with Crippen LogP contribution in [0.25, 0.3) is 0 Å². The normalized spacial score (nSPS) is 49.9. The molecule has 222 valence electrons. The van der Waals surface area contributed by atoms with Crippen molar-refractivity contribution in [1.29, 1.82) is 0 Å². The van der Waals surface area contributed by atoms with Crippen LogP contribution in [0.4, 0.5) is 0 Å². The van der Waals surface area contributed by atoms with E-state index in [1.807, 2.05) is 0 Å². The van der Waals surface area contributed by atoms with E-state index < -0.39 is 30.2 Å². The predicted molar refractivity (Wildman–Crippen MR) is 147 cm³/mol. The van der Waals surface area contributed by atoms with Gasteiger partial charge in [-0.15, -0.1) is 0 Å². The molecule has 0 spiro atoms. The first kappa shape index (κ1) is 29.5. The fraction of sp³-hybridized carbons (Fsp3) is 0.906. The van der Waals surface area contributed by atoms with Crippen molar-refractivity contribution in [2.75, 3.05) is 0 Å². The van der Waals surface area contributed by atoms with Gasteiger partial charge in [-0.25, -0.2) is 0 Å². The molecule has 4 aliphatic carbocycles. The maximum Gasteiger partial charge on any atom is 0.302 e. The molecule has 0 aromatic rings. The van der Waals surface area contributed by atoms with Crippen molar-refractivity contribution in [2.24, 2.45) is 45.3 Å². The van der Waals surface area contributed by atoms with E-state index in [-0.39, 0.29) is 51.5 Å². The predicted octanol–water partition coefficient (Wildman–Crippen LogP) is 4.35. The van der Waals surface area contributed by atoms with Gasteiger partial charge in [-0.3, -0.25) is 4.79 Å². The van der Waals surface area contributed by atoms with Crippen LogP contribution in [-0.4, -0.2) is 62.7 Å². The first-order valence-corrected chi connectivity index (χ1v) is 15.2. The van der Waals surface area contributed by atoms with E-state index in [0.717, 1.165) is 32.1 Å². The molecule has 12 atom stereocenters. The van der Waals surface area contributed by atoms with Gasteiger partial charge in [0, 0.05) is 23.7 Å². The lowest BCUT2D eigenvalue weighted by atomic mass is 9.37. The van der Waals surface area contributed by atoms with Crippen LogP contribution in [0.15, 0.2) is 11.6 Å². The average Bonchev–Trinajstić information content (AvgIpc) is 3.36. The summed E-state index contributed by atoms with van der Waals surface area (Å²) in [5, 5.41) is 44.0. The van der Waals surface area contributed by atoms with E-state index in [4.69, 9.17) is 9.47 Å². The molecule has 0 radical (unpaired) electrons. The fourth-order valence-corrected chi connectivity index (χ4v) is 10.8. The van der Waals surface area contributed by atoms with E-state index in [9.17, 15) is 25.2 Å². The van der Waals surface area contributed by atoms with Crippen LogP contribution in [0.3, 0.4) is 0 Å². The minimum Gasteiger partial charge on any atom is -0.462 e. The average molecular weight is 549 g/mol. The molecule has 3 saturated carbocycles. The van der Waals surface area contributed by atoms with Gasteiger partial charge in [-0.1, -0.05) is 46.3 Å². The smallest absolute Gasteiger partial charge is 0.302 e. The number of carbonyl (C=O) groups is 1. The van der Waals surface area contributed by atoms with Gasteiger partial charge in [0.05, 0.1) is 17.8 Å². The molecule has 1 aliphatic heterocycles. The molecule has 7 nitrogen and oxygen atoms in total. The Hall–Kier alpha value is -0.990. The highest BCUT2D eigenvalue weighted by Gasteiger charge is 2.69. The zero-order valence-electron chi connectivity index (χ0n) is 25.2. The Bertz CT molecular complexity index is 1010. The standard InChI is InChI=1S/C32H52O7/c1-17(33)38-25-12-14-31(7)22-11-13-30(6)19(18-15-20(39-27(18)36)26(35)29(4,5)37)9-10-21(30)32(22,8)24(34)16-23(31)28(25,2)3/h10,18-20,22-27,34-37H,9,11-16H2,1-8H3. The van der Waals surface area contributed by atoms with Gasteiger partial charge in [0.25, 0.3) is 0 Å². The van der Waals surface area contributed by atoms with Crippen molar-refractivity contribution in [3.05, 3.63) is 11.6 Å². The third-order valence-corrected chi connectivity index (χ3v) is 12.8. The van der Waals surface area contributed by atoms with Crippen molar-refractivity contribution in [3.63, 3.8) is 0 Å². The molecule has 1 saturated heterocycles. The Kier molecular flexibility index (Phi) is 7.00. The summed E-state index contributed by atoms with van der Waals surface area (Å²) in [5.74, 6) is 0.321. The van der Waals surface area contributed by atoms with Gasteiger partial charge < -0.3 is 29.9 Å². The molecule has 4 N–H and O–H groups in total. The molecule has 39 heavy (non-hydrogen) atoms. The summed E-state index contributed by atoms with van der Waals surface area (Å²) < 4.78 is 11.6. The van der Waals surface area contributed by atoms with Gasteiger partial charge in [0.2, 0.25) is 0 Å². The third kappa shape index (κ3) is 4.19. The Morgan fingerprint density at radius 3 is 2.36 bits per heavy atom.